The van der Waals surface area contributed by atoms with Gasteiger partial charge in [-0.25, -0.2) is 0 Å². The van der Waals surface area contributed by atoms with Gasteiger partial charge in [0, 0.05) is 22.2 Å². The molecule has 0 N–H and O–H groups in total. The van der Waals surface area contributed by atoms with Crippen LogP contribution >= 0.6 is 0 Å². The van der Waals surface area contributed by atoms with Crippen LogP contribution in [0.4, 0.5) is 0 Å². The molecule has 0 unspecified atom stereocenters. The van der Waals surface area contributed by atoms with Crippen molar-refractivity contribution in [3.05, 3.63) is 65.9 Å². The number of nitrogens with zero attached hydrogens (tertiary/aromatic N) is 1. The van der Waals surface area contributed by atoms with E-state index in [9.17, 15) is 0 Å². The van der Waals surface area contributed by atoms with E-state index in [0.29, 0.717) is 0 Å². The SMILES string of the molecule is Cc1c(C(C)(C)C)n(-c2ccccc2)c2ccccc12. The first kappa shape index (κ1) is 13.0. The third kappa shape index (κ3) is 1.94. The molecule has 0 aliphatic carbocycles. The van der Waals surface area contributed by atoms with Crippen LogP contribution in [-0.2, 0) is 5.41 Å². The third-order valence-electron chi connectivity index (χ3n) is 3.85. The minimum absolute atomic E-state index is 0.110. The molecule has 3 aromatic rings. The summed E-state index contributed by atoms with van der Waals surface area (Å²) < 4.78 is 2.41. The monoisotopic (exact) mass is 263 g/mol. The number of hydrogen-bond acceptors (Lipinski definition) is 0. The second-order valence-electron chi connectivity index (χ2n) is 6.41. The van der Waals surface area contributed by atoms with E-state index in [1.165, 1.54) is 27.8 Å². The summed E-state index contributed by atoms with van der Waals surface area (Å²) in [6, 6.07) is 19.3. The molecule has 0 bridgehead atoms. The molecule has 0 fully saturated rings. The van der Waals surface area contributed by atoms with Gasteiger partial charge in [-0.15, -0.1) is 0 Å². The highest BCUT2D eigenvalue weighted by Gasteiger charge is 2.24. The molecule has 2 aromatic carbocycles. The fraction of sp³-hybridized carbons (Fsp3) is 0.263. The number of rotatable bonds is 1. The number of hydrogen-bond donors (Lipinski definition) is 0. The van der Waals surface area contributed by atoms with Crippen LogP contribution in [0.15, 0.2) is 54.6 Å². The van der Waals surface area contributed by atoms with Gasteiger partial charge in [0.25, 0.3) is 0 Å². The van der Waals surface area contributed by atoms with Crippen molar-refractivity contribution in [3.8, 4) is 5.69 Å². The van der Waals surface area contributed by atoms with Crippen LogP contribution < -0.4 is 0 Å². The summed E-state index contributed by atoms with van der Waals surface area (Å²) in [6.07, 6.45) is 0. The molecule has 0 aliphatic rings. The Morgan fingerprint density at radius 3 is 2.05 bits per heavy atom. The number of aryl methyl sites for hydroxylation is 1. The van der Waals surface area contributed by atoms with E-state index >= 15 is 0 Å². The molecule has 0 atom stereocenters. The van der Waals surface area contributed by atoms with Crippen molar-refractivity contribution in [2.75, 3.05) is 0 Å². The zero-order valence-electron chi connectivity index (χ0n) is 12.6. The van der Waals surface area contributed by atoms with Crippen molar-refractivity contribution >= 4 is 10.9 Å². The Balaban J connectivity index is 2.46. The average molecular weight is 263 g/mol. The molecule has 1 heterocycles. The Bertz CT molecular complexity index is 743. The van der Waals surface area contributed by atoms with Crippen LogP contribution in [-0.4, -0.2) is 4.57 Å². The molecule has 0 saturated carbocycles. The Morgan fingerprint density at radius 1 is 0.800 bits per heavy atom. The van der Waals surface area contributed by atoms with Gasteiger partial charge in [0.15, 0.2) is 0 Å². The van der Waals surface area contributed by atoms with E-state index < -0.39 is 0 Å². The van der Waals surface area contributed by atoms with Crippen molar-refractivity contribution in [1.82, 2.24) is 4.57 Å². The molecule has 0 amide bonds. The van der Waals surface area contributed by atoms with E-state index in [2.05, 4.69) is 86.9 Å². The topological polar surface area (TPSA) is 4.93 Å². The van der Waals surface area contributed by atoms with E-state index in [-0.39, 0.29) is 5.41 Å². The van der Waals surface area contributed by atoms with Gasteiger partial charge in [-0.1, -0.05) is 57.2 Å². The number of fused-ring (bicyclic) bond motifs is 1. The van der Waals surface area contributed by atoms with Crippen molar-refractivity contribution in [1.29, 1.82) is 0 Å². The lowest BCUT2D eigenvalue weighted by molar-refractivity contribution is 0.555. The summed E-state index contributed by atoms with van der Waals surface area (Å²) in [7, 11) is 0. The van der Waals surface area contributed by atoms with Crippen LogP contribution in [0.3, 0.4) is 0 Å². The largest absolute Gasteiger partial charge is 0.313 e. The minimum Gasteiger partial charge on any atom is -0.313 e. The Hall–Kier alpha value is -2.02. The van der Waals surface area contributed by atoms with Gasteiger partial charge in [0.05, 0.1) is 5.52 Å². The van der Waals surface area contributed by atoms with Gasteiger partial charge in [0.2, 0.25) is 0 Å². The molecule has 1 nitrogen and oxygen atoms in total. The zero-order valence-corrected chi connectivity index (χ0v) is 12.6. The molecule has 1 aromatic heterocycles. The minimum atomic E-state index is 0.110. The van der Waals surface area contributed by atoms with Gasteiger partial charge in [-0.3, -0.25) is 0 Å². The molecule has 0 radical (unpaired) electrons. The molecule has 0 aliphatic heterocycles. The second kappa shape index (κ2) is 4.52. The van der Waals surface area contributed by atoms with Crippen molar-refractivity contribution in [3.63, 3.8) is 0 Å². The second-order valence-corrected chi connectivity index (χ2v) is 6.41. The first-order chi connectivity index (χ1) is 9.50. The van der Waals surface area contributed by atoms with Crippen molar-refractivity contribution in [2.24, 2.45) is 0 Å². The fourth-order valence-corrected chi connectivity index (χ4v) is 3.14. The highest BCUT2D eigenvalue weighted by atomic mass is 15.0. The van der Waals surface area contributed by atoms with Gasteiger partial charge < -0.3 is 4.57 Å². The summed E-state index contributed by atoms with van der Waals surface area (Å²) in [5.74, 6) is 0. The highest BCUT2D eigenvalue weighted by molar-refractivity contribution is 5.87. The lowest BCUT2D eigenvalue weighted by atomic mass is 9.89. The molecular formula is C19H21N. The molecular weight excluding hydrogens is 242 g/mol. The fourth-order valence-electron chi connectivity index (χ4n) is 3.14. The molecule has 0 saturated heterocycles. The lowest BCUT2D eigenvalue weighted by Gasteiger charge is -2.23. The van der Waals surface area contributed by atoms with Crippen LogP contribution in [0, 0.1) is 6.92 Å². The first-order valence-corrected chi connectivity index (χ1v) is 7.16. The van der Waals surface area contributed by atoms with Gasteiger partial charge in [-0.2, -0.15) is 0 Å². The Labute approximate surface area is 120 Å². The smallest absolute Gasteiger partial charge is 0.0534 e. The highest BCUT2D eigenvalue weighted by Crippen LogP contribution is 2.36. The maximum Gasteiger partial charge on any atom is 0.0534 e. The summed E-state index contributed by atoms with van der Waals surface area (Å²) in [6.45, 7) is 9.09. The maximum atomic E-state index is 2.41. The first-order valence-electron chi connectivity index (χ1n) is 7.16. The van der Waals surface area contributed by atoms with Crippen molar-refractivity contribution in [2.45, 2.75) is 33.1 Å². The van der Waals surface area contributed by atoms with E-state index in [1.54, 1.807) is 0 Å². The predicted octanol–water partition coefficient (Wildman–Crippen LogP) is 5.24. The predicted molar refractivity (Wildman–Crippen MR) is 86.7 cm³/mol. The number of aromatic nitrogens is 1. The summed E-state index contributed by atoms with van der Waals surface area (Å²) in [5.41, 5.74) is 5.42. The standard InChI is InChI=1S/C19H21N/c1-14-16-12-8-9-13-17(16)20(18(14)19(2,3)4)15-10-6-5-7-11-15/h5-13H,1-4H3. The lowest BCUT2D eigenvalue weighted by Crippen LogP contribution is -2.18. The molecule has 1 heteroatoms. The van der Waals surface area contributed by atoms with Crippen LogP contribution in [0.1, 0.15) is 32.0 Å². The number of benzene rings is 2. The maximum absolute atomic E-state index is 2.41. The molecule has 20 heavy (non-hydrogen) atoms. The quantitative estimate of drug-likeness (QED) is 0.566. The number of para-hydroxylation sites is 2. The summed E-state index contributed by atoms with van der Waals surface area (Å²) in [4.78, 5) is 0. The zero-order chi connectivity index (χ0) is 14.3. The van der Waals surface area contributed by atoms with Gasteiger partial charge in [0.1, 0.15) is 0 Å². The molecule has 0 spiro atoms. The van der Waals surface area contributed by atoms with Crippen LogP contribution in [0.25, 0.3) is 16.6 Å². The van der Waals surface area contributed by atoms with E-state index in [1.807, 2.05) is 0 Å². The summed E-state index contributed by atoms with van der Waals surface area (Å²) in [5, 5.41) is 1.35. The van der Waals surface area contributed by atoms with Crippen LogP contribution in [0.2, 0.25) is 0 Å². The van der Waals surface area contributed by atoms with E-state index in [0.717, 1.165) is 0 Å². The van der Waals surface area contributed by atoms with Gasteiger partial charge >= 0.3 is 0 Å². The Kier molecular flexibility index (Phi) is 2.93. The Morgan fingerprint density at radius 2 is 1.40 bits per heavy atom. The normalized spacial score (nSPS) is 12.0. The van der Waals surface area contributed by atoms with Crippen LogP contribution in [0.5, 0.6) is 0 Å². The van der Waals surface area contributed by atoms with Crippen molar-refractivity contribution < 1.29 is 0 Å². The molecule has 3 rings (SSSR count). The third-order valence-corrected chi connectivity index (χ3v) is 3.85. The molecule has 102 valence electrons. The van der Waals surface area contributed by atoms with Gasteiger partial charge in [-0.05, 0) is 30.7 Å². The summed E-state index contributed by atoms with van der Waals surface area (Å²) >= 11 is 0. The average Bonchev–Trinajstić information content (AvgIpc) is 2.74. The van der Waals surface area contributed by atoms with E-state index in [4.69, 9.17) is 0 Å².